The molecular formula is C18H22N4O2. The number of anilines is 1. The molecule has 0 aliphatic rings. The van der Waals surface area contributed by atoms with E-state index in [-0.39, 0.29) is 11.6 Å². The number of hydrogen-bond donors (Lipinski definition) is 2. The van der Waals surface area contributed by atoms with Gasteiger partial charge in [-0.3, -0.25) is 4.79 Å². The lowest BCUT2D eigenvalue weighted by Gasteiger charge is -2.10. The van der Waals surface area contributed by atoms with Gasteiger partial charge in [-0.05, 0) is 24.1 Å². The Morgan fingerprint density at radius 1 is 1.33 bits per heavy atom. The predicted octanol–water partition coefficient (Wildman–Crippen LogP) is 3.47. The van der Waals surface area contributed by atoms with Gasteiger partial charge in [-0.1, -0.05) is 25.5 Å². The van der Waals surface area contributed by atoms with Crippen LogP contribution in [0.2, 0.25) is 0 Å². The van der Waals surface area contributed by atoms with Crippen molar-refractivity contribution in [2.45, 2.75) is 32.7 Å². The van der Waals surface area contributed by atoms with Crippen molar-refractivity contribution in [1.29, 1.82) is 5.41 Å². The number of Topliss-reactive ketones (excluding diaryl/α,β-unsaturated/α-hetero) is 1. The van der Waals surface area contributed by atoms with Crippen molar-refractivity contribution in [1.82, 2.24) is 9.97 Å². The Labute approximate surface area is 141 Å². The topological polar surface area (TPSA) is 88.0 Å². The zero-order valence-corrected chi connectivity index (χ0v) is 14.0. The first-order valence-corrected chi connectivity index (χ1v) is 7.95. The maximum atomic E-state index is 12.1. The molecule has 2 N–H and O–H groups in total. The maximum Gasteiger partial charge on any atom is 0.200 e. The fourth-order valence-electron chi connectivity index (χ4n) is 2.15. The minimum Gasteiger partial charge on any atom is -0.497 e. The van der Waals surface area contributed by atoms with Crippen molar-refractivity contribution in [2.75, 3.05) is 12.4 Å². The summed E-state index contributed by atoms with van der Waals surface area (Å²) < 4.78 is 5.13. The van der Waals surface area contributed by atoms with E-state index in [1.807, 2.05) is 31.2 Å². The summed E-state index contributed by atoms with van der Waals surface area (Å²) in [6.45, 7) is 2.57. The number of ketones is 1. The summed E-state index contributed by atoms with van der Waals surface area (Å²) in [4.78, 5) is 20.4. The molecule has 0 atom stereocenters. The molecule has 0 fully saturated rings. The summed E-state index contributed by atoms with van der Waals surface area (Å²) in [5, 5.41) is 10.6. The highest BCUT2D eigenvalue weighted by atomic mass is 16.5. The van der Waals surface area contributed by atoms with Crippen LogP contribution in [0, 0.1) is 5.41 Å². The Morgan fingerprint density at radius 2 is 2.08 bits per heavy atom. The van der Waals surface area contributed by atoms with E-state index >= 15 is 0 Å². The minimum absolute atomic E-state index is 0.0686. The fourth-order valence-corrected chi connectivity index (χ4v) is 2.15. The summed E-state index contributed by atoms with van der Waals surface area (Å²) in [5.41, 5.74) is 1.60. The predicted molar refractivity (Wildman–Crippen MR) is 94.1 cm³/mol. The number of methoxy groups -OCH3 is 1. The third kappa shape index (κ3) is 4.62. The Morgan fingerprint density at radius 3 is 2.71 bits per heavy atom. The average molecular weight is 326 g/mol. The van der Waals surface area contributed by atoms with Gasteiger partial charge >= 0.3 is 0 Å². The van der Waals surface area contributed by atoms with Crippen molar-refractivity contribution >= 4 is 17.8 Å². The monoisotopic (exact) mass is 326 g/mol. The normalized spacial score (nSPS) is 10.2. The summed E-state index contributed by atoms with van der Waals surface area (Å²) in [6.07, 6.45) is 4.90. The zero-order valence-electron chi connectivity index (χ0n) is 14.0. The summed E-state index contributed by atoms with van der Waals surface area (Å²) in [7, 11) is 1.63. The number of rotatable bonds is 9. The largest absolute Gasteiger partial charge is 0.497 e. The van der Waals surface area contributed by atoms with Gasteiger partial charge in [0, 0.05) is 25.4 Å². The molecule has 0 saturated carbocycles. The smallest absolute Gasteiger partial charge is 0.200 e. The van der Waals surface area contributed by atoms with Crippen LogP contribution in [0.5, 0.6) is 5.75 Å². The van der Waals surface area contributed by atoms with Crippen molar-refractivity contribution in [2.24, 2.45) is 0 Å². The van der Waals surface area contributed by atoms with Crippen LogP contribution in [0.4, 0.5) is 5.82 Å². The molecule has 0 amide bonds. The third-order valence-electron chi connectivity index (χ3n) is 3.60. The van der Waals surface area contributed by atoms with Crippen molar-refractivity contribution in [3.05, 3.63) is 47.4 Å². The number of ether oxygens (including phenoxy) is 1. The molecule has 0 saturated heterocycles. The number of aromatic nitrogens is 2. The van der Waals surface area contributed by atoms with E-state index in [9.17, 15) is 4.79 Å². The SMILES string of the molecule is CCCCC(=O)c1ncc(C=N)c(NCc2ccc(OC)cc2)n1. The van der Waals surface area contributed by atoms with Gasteiger partial charge < -0.3 is 15.5 Å². The van der Waals surface area contributed by atoms with E-state index in [0.29, 0.717) is 24.3 Å². The van der Waals surface area contributed by atoms with Crippen LogP contribution >= 0.6 is 0 Å². The molecule has 126 valence electrons. The van der Waals surface area contributed by atoms with E-state index in [0.717, 1.165) is 24.2 Å². The lowest BCUT2D eigenvalue weighted by atomic mass is 10.1. The molecule has 6 heteroatoms. The summed E-state index contributed by atoms with van der Waals surface area (Å²) in [5.74, 6) is 1.42. The number of nitrogens with zero attached hydrogens (tertiary/aromatic N) is 2. The van der Waals surface area contributed by atoms with E-state index in [1.165, 1.54) is 12.4 Å². The number of carbonyl (C=O) groups is 1. The van der Waals surface area contributed by atoms with Gasteiger partial charge in [-0.2, -0.15) is 0 Å². The lowest BCUT2D eigenvalue weighted by molar-refractivity contribution is 0.0970. The molecular weight excluding hydrogens is 304 g/mol. The highest BCUT2D eigenvalue weighted by Gasteiger charge is 2.12. The van der Waals surface area contributed by atoms with Gasteiger partial charge in [0.05, 0.1) is 12.7 Å². The number of benzene rings is 1. The first-order valence-electron chi connectivity index (χ1n) is 7.95. The Bertz CT molecular complexity index is 699. The average Bonchev–Trinajstić information content (AvgIpc) is 2.64. The van der Waals surface area contributed by atoms with Crippen molar-refractivity contribution in [3.8, 4) is 5.75 Å². The Hall–Kier alpha value is -2.76. The standard InChI is InChI=1S/C18H22N4O2/c1-3-4-5-16(23)18-21-12-14(10-19)17(22-18)20-11-13-6-8-15(24-2)9-7-13/h6-10,12,19H,3-5,11H2,1-2H3,(H,20,21,22). The molecule has 2 rings (SSSR count). The van der Waals surface area contributed by atoms with Crippen LogP contribution in [-0.4, -0.2) is 29.1 Å². The van der Waals surface area contributed by atoms with E-state index in [2.05, 4.69) is 15.3 Å². The Balaban J connectivity index is 2.11. The highest BCUT2D eigenvalue weighted by Crippen LogP contribution is 2.15. The number of unbranched alkanes of at least 4 members (excludes halogenated alkanes) is 1. The van der Waals surface area contributed by atoms with Gasteiger partial charge in [-0.25, -0.2) is 9.97 Å². The molecule has 0 unspecified atom stereocenters. The third-order valence-corrected chi connectivity index (χ3v) is 3.60. The molecule has 6 nitrogen and oxygen atoms in total. The molecule has 0 bridgehead atoms. The minimum atomic E-state index is -0.0686. The second kappa shape index (κ2) is 8.76. The van der Waals surface area contributed by atoms with Crippen LogP contribution in [0.25, 0.3) is 0 Å². The van der Waals surface area contributed by atoms with Gasteiger partial charge in [-0.15, -0.1) is 0 Å². The molecule has 0 aliphatic carbocycles. The first-order chi connectivity index (χ1) is 11.7. The molecule has 0 radical (unpaired) electrons. The van der Waals surface area contributed by atoms with Crippen molar-refractivity contribution in [3.63, 3.8) is 0 Å². The molecule has 1 aromatic carbocycles. The van der Waals surface area contributed by atoms with Crippen LogP contribution in [-0.2, 0) is 6.54 Å². The van der Waals surface area contributed by atoms with Crippen LogP contribution in [0.15, 0.2) is 30.5 Å². The van der Waals surface area contributed by atoms with Gasteiger partial charge in [0.15, 0.2) is 11.6 Å². The van der Waals surface area contributed by atoms with Crippen LogP contribution < -0.4 is 10.1 Å². The maximum absolute atomic E-state index is 12.1. The quantitative estimate of drug-likeness (QED) is 0.544. The number of carbonyl (C=O) groups excluding carboxylic acids is 1. The number of nitrogens with one attached hydrogen (secondary N) is 2. The lowest BCUT2D eigenvalue weighted by Crippen LogP contribution is -2.11. The zero-order chi connectivity index (χ0) is 17.4. The molecule has 1 heterocycles. The fraction of sp³-hybridized carbons (Fsp3) is 0.333. The van der Waals surface area contributed by atoms with E-state index in [4.69, 9.17) is 10.1 Å². The van der Waals surface area contributed by atoms with Crippen LogP contribution in [0.3, 0.4) is 0 Å². The van der Waals surface area contributed by atoms with E-state index < -0.39 is 0 Å². The molecule has 1 aromatic heterocycles. The summed E-state index contributed by atoms with van der Waals surface area (Å²) >= 11 is 0. The number of hydrogen-bond acceptors (Lipinski definition) is 6. The van der Waals surface area contributed by atoms with Gasteiger partial charge in [0.2, 0.25) is 0 Å². The molecule has 0 aliphatic heterocycles. The first kappa shape index (κ1) is 17.6. The second-order valence-corrected chi connectivity index (χ2v) is 5.37. The van der Waals surface area contributed by atoms with Gasteiger partial charge in [0.1, 0.15) is 11.6 Å². The molecule has 24 heavy (non-hydrogen) atoms. The Kier molecular flexibility index (Phi) is 6.42. The summed E-state index contributed by atoms with van der Waals surface area (Å²) in [6, 6.07) is 7.66. The molecule has 0 spiro atoms. The second-order valence-electron chi connectivity index (χ2n) is 5.37. The highest BCUT2D eigenvalue weighted by molar-refractivity contribution is 5.93. The van der Waals surface area contributed by atoms with Crippen molar-refractivity contribution < 1.29 is 9.53 Å². The van der Waals surface area contributed by atoms with Crippen LogP contribution in [0.1, 0.15) is 47.9 Å². The molecule has 2 aromatic rings. The van der Waals surface area contributed by atoms with E-state index in [1.54, 1.807) is 7.11 Å². The van der Waals surface area contributed by atoms with Gasteiger partial charge in [0.25, 0.3) is 0 Å².